The van der Waals surface area contributed by atoms with Crippen molar-refractivity contribution in [3.8, 4) is 5.75 Å². The highest BCUT2D eigenvalue weighted by atomic mass is 32.1. The summed E-state index contributed by atoms with van der Waals surface area (Å²) in [5.74, 6) is 0.450. The first-order valence-corrected chi connectivity index (χ1v) is 5.92. The first-order valence-electron chi connectivity index (χ1n) is 4.70. The Morgan fingerprint density at radius 2 is 2.18 bits per heavy atom. The van der Waals surface area contributed by atoms with Gasteiger partial charge in [0.1, 0.15) is 5.75 Å². The fourth-order valence-corrected chi connectivity index (χ4v) is 1.97. The summed E-state index contributed by atoms with van der Waals surface area (Å²) in [6, 6.07) is 7.04. The molecule has 0 fully saturated rings. The zero-order valence-electron chi connectivity index (χ0n) is 8.89. The second kappa shape index (κ2) is 5.07. The lowest BCUT2D eigenvalue weighted by atomic mass is 10.3. The third kappa shape index (κ3) is 2.89. The van der Waals surface area contributed by atoms with Gasteiger partial charge >= 0.3 is 0 Å². The van der Waals surface area contributed by atoms with Crippen LogP contribution in [-0.4, -0.2) is 23.2 Å². The maximum absolute atomic E-state index is 11.7. The Hall–Kier alpha value is -1.73. The summed E-state index contributed by atoms with van der Waals surface area (Å²) in [7, 11) is 1.59. The normalized spacial score (nSPS) is 9.94. The summed E-state index contributed by atoms with van der Waals surface area (Å²) in [6.45, 7) is 0. The van der Waals surface area contributed by atoms with Gasteiger partial charge < -0.3 is 10.1 Å². The fraction of sp³-hybridized carbons (Fsp3) is 0.100. The molecule has 2 aromatic rings. The predicted octanol–water partition coefficient (Wildman–Crippen LogP) is 2.46. The van der Waals surface area contributed by atoms with E-state index in [2.05, 4.69) is 15.5 Å². The number of amides is 1. The third-order valence-electron chi connectivity index (χ3n) is 1.98. The van der Waals surface area contributed by atoms with E-state index in [1.54, 1.807) is 31.4 Å². The lowest BCUT2D eigenvalue weighted by Gasteiger charge is -2.03. The molecule has 0 atom stereocenters. The van der Waals surface area contributed by atoms with Crippen LogP contribution in [0.15, 0.2) is 24.3 Å². The van der Waals surface area contributed by atoms with Crippen LogP contribution in [0.25, 0.3) is 0 Å². The van der Waals surface area contributed by atoms with Crippen molar-refractivity contribution in [3.63, 3.8) is 0 Å². The van der Waals surface area contributed by atoms with E-state index in [1.807, 2.05) is 0 Å². The maximum atomic E-state index is 11.7. The molecule has 0 aliphatic rings. The molecule has 1 amide bonds. The number of ether oxygens (including phenoxy) is 1. The van der Waals surface area contributed by atoms with Crippen molar-refractivity contribution in [2.45, 2.75) is 0 Å². The Morgan fingerprint density at radius 1 is 1.47 bits per heavy atom. The smallest absolute Gasteiger partial charge is 0.286 e. The molecule has 1 heterocycles. The van der Waals surface area contributed by atoms with Gasteiger partial charge in [0.05, 0.1) is 7.11 Å². The van der Waals surface area contributed by atoms with E-state index >= 15 is 0 Å². The van der Waals surface area contributed by atoms with Crippen LogP contribution < -0.4 is 10.1 Å². The van der Waals surface area contributed by atoms with E-state index in [4.69, 9.17) is 17.0 Å². The number of nitrogens with zero attached hydrogens (tertiary/aromatic N) is 1. The van der Waals surface area contributed by atoms with Crippen LogP contribution in [-0.2, 0) is 0 Å². The molecule has 0 radical (unpaired) electrons. The van der Waals surface area contributed by atoms with Crippen LogP contribution in [0.4, 0.5) is 5.69 Å². The number of hydrogen-bond acceptors (Lipinski definition) is 5. The number of aromatic nitrogens is 2. The van der Waals surface area contributed by atoms with Crippen LogP contribution in [0.5, 0.6) is 5.75 Å². The van der Waals surface area contributed by atoms with Crippen molar-refractivity contribution in [3.05, 3.63) is 33.2 Å². The largest absolute Gasteiger partial charge is 0.497 e. The van der Waals surface area contributed by atoms with Crippen molar-refractivity contribution < 1.29 is 9.53 Å². The molecule has 2 N–H and O–H groups in total. The topological polar surface area (TPSA) is 67.0 Å². The fourth-order valence-electron chi connectivity index (χ4n) is 1.19. The van der Waals surface area contributed by atoms with Gasteiger partial charge in [-0.05, 0) is 36.5 Å². The van der Waals surface area contributed by atoms with Crippen molar-refractivity contribution in [1.82, 2.24) is 10.2 Å². The van der Waals surface area contributed by atoms with Crippen molar-refractivity contribution >= 4 is 35.1 Å². The molecule has 2 rings (SSSR count). The van der Waals surface area contributed by atoms with E-state index in [9.17, 15) is 4.79 Å². The highest BCUT2D eigenvalue weighted by Gasteiger charge is 2.09. The summed E-state index contributed by atoms with van der Waals surface area (Å²) < 4.78 is 5.50. The lowest BCUT2D eigenvalue weighted by molar-refractivity contribution is 0.102. The Kier molecular flexibility index (Phi) is 3.50. The standard InChI is InChI=1S/C10H9N3O2S2/c1-15-7-4-2-6(3-5-7)11-8(14)9-12-13-10(16)17-9/h2-5H,1H3,(H,11,14)(H,13,16). The number of H-pyrrole nitrogens is 1. The molecule has 0 saturated heterocycles. The maximum Gasteiger partial charge on any atom is 0.286 e. The lowest BCUT2D eigenvalue weighted by Crippen LogP contribution is -2.11. The second-order valence-corrected chi connectivity index (χ2v) is 4.77. The SMILES string of the molecule is COc1ccc(NC(=O)c2n[nH]c(=S)s2)cc1. The monoisotopic (exact) mass is 267 g/mol. The van der Waals surface area contributed by atoms with Gasteiger partial charge in [-0.3, -0.25) is 9.89 Å². The number of carbonyl (C=O) groups is 1. The Morgan fingerprint density at radius 3 is 2.71 bits per heavy atom. The number of aromatic amines is 1. The molecule has 17 heavy (non-hydrogen) atoms. The minimum Gasteiger partial charge on any atom is -0.497 e. The van der Waals surface area contributed by atoms with E-state index in [-0.39, 0.29) is 5.91 Å². The predicted molar refractivity (Wildman–Crippen MR) is 68.2 cm³/mol. The van der Waals surface area contributed by atoms with Crippen molar-refractivity contribution in [2.75, 3.05) is 12.4 Å². The molecule has 0 bridgehead atoms. The molecule has 5 nitrogen and oxygen atoms in total. The first kappa shape index (κ1) is 11.7. The average Bonchev–Trinajstić information content (AvgIpc) is 2.77. The number of nitrogens with one attached hydrogen (secondary N) is 2. The molecule has 0 aliphatic carbocycles. The zero-order valence-corrected chi connectivity index (χ0v) is 10.5. The highest BCUT2D eigenvalue weighted by Crippen LogP contribution is 2.16. The molecule has 88 valence electrons. The van der Waals surface area contributed by atoms with Gasteiger partial charge in [0.15, 0.2) is 3.95 Å². The Bertz CT molecular complexity index is 574. The van der Waals surface area contributed by atoms with Crippen LogP contribution in [0.2, 0.25) is 0 Å². The van der Waals surface area contributed by atoms with Crippen LogP contribution >= 0.6 is 23.6 Å². The minimum atomic E-state index is -0.285. The molecule has 7 heteroatoms. The summed E-state index contributed by atoms with van der Waals surface area (Å²) >= 11 is 5.99. The summed E-state index contributed by atoms with van der Waals surface area (Å²) in [6.07, 6.45) is 0. The van der Waals surface area contributed by atoms with Gasteiger partial charge in [0, 0.05) is 5.69 Å². The van der Waals surface area contributed by atoms with Gasteiger partial charge in [-0.1, -0.05) is 11.3 Å². The van der Waals surface area contributed by atoms with E-state index in [0.717, 1.165) is 17.1 Å². The molecule has 1 aromatic heterocycles. The molecular weight excluding hydrogens is 258 g/mol. The quantitative estimate of drug-likeness (QED) is 0.838. The molecule has 0 aliphatic heterocycles. The number of hydrogen-bond donors (Lipinski definition) is 2. The molecule has 0 saturated carbocycles. The van der Waals surface area contributed by atoms with Crippen LogP contribution in [0.3, 0.4) is 0 Å². The van der Waals surface area contributed by atoms with Crippen molar-refractivity contribution in [2.24, 2.45) is 0 Å². The van der Waals surface area contributed by atoms with Gasteiger partial charge in [-0.25, -0.2) is 0 Å². The number of rotatable bonds is 3. The Balaban J connectivity index is 2.10. The number of carbonyl (C=O) groups excluding carboxylic acids is 1. The second-order valence-electron chi connectivity index (χ2n) is 3.10. The molecular formula is C10H9N3O2S2. The highest BCUT2D eigenvalue weighted by molar-refractivity contribution is 7.73. The van der Waals surface area contributed by atoms with E-state index < -0.39 is 0 Å². The van der Waals surface area contributed by atoms with E-state index in [0.29, 0.717) is 14.6 Å². The summed E-state index contributed by atoms with van der Waals surface area (Å²) in [5.41, 5.74) is 0.678. The van der Waals surface area contributed by atoms with Gasteiger partial charge in [0.25, 0.3) is 5.91 Å². The van der Waals surface area contributed by atoms with E-state index in [1.165, 1.54) is 0 Å². The van der Waals surface area contributed by atoms with Gasteiger partial charge in [-0.2, -0.15) is 5.10 Å². The minimum absolute atomic E-state index is 0.285. The van der Waals surface area contributed by atoms with Crippen molar-refractivity contribution in [1.29, 1.82) is 0 Å². The number of anilines is 1. The zero-order chi connectivity index (χ0) is 12.3. The number of methoxy groups -OCH3 is 1. The first-order chi connectivity index (χ1) is 8.19. The van der Waals surface area contributed by atoms with Gasteiger partial charge in [0.2, 0.25) is 5.01 Å². The van der Waals surface area contributed by atoms with Crippen LogP contribution in [0.1, 0.15) is 9.80 Å². The van der Waals surface area contributed by atoms with Crippen LogP contribution in [0, 0.1) is 3.95 Å². The summed E-state index contributed by atoms with van der Waals surface area (Å²) in [4.78, 5) is 11.7. The molecule has 0 unspecified atom stereocenters. The van der Waals surface area contributed by atoms with Gasteiger partial charge in [-0.15, -0.1) is 0 Å². The third-order valence-corrected chi connectivity index (χ3v) is 3.07. The molecule has 1 aromatic carbocycles. The Labute approximate surface area is 106 Å². The summed E-state index contributed by atoms with van der Waals surface area (Å²) in [5, 5.41) is 9.38. The number of benzene rings is 1. The average molecular weight is 267 g/mol. The molecule has 0 spiro atoms.